The van der Waals surface area contributed by atoms with E-state index in [-0.39, 0.29) is 18.3 Å². The van der Waals surface area contributed by atoms with Crippen molar-refractivity contribution in [1.82, 2.24) is 25.0 Å². The summed E-state index contributed by atoms with van der Waals surface area (Å²) in [5.74, 6) is 0.311. The van der Waals surface area contributed by atoms with E-state index in [1.807, 2.05) is 17.5 Å². The molecule has 1 aromatic carbocycles. The van der Waals surface area contributed by atoms with Crippen molar-refractivity contribution >= 4 is 17.2 Å². The molecular weight excluding hydrogens is 369 g/mol. The molecule has 0 spiro atoms. The van der Waals surface area contributed by atoms with E-state index in [1.165, 1.54) is 29.8 Å². The van der Waals surface area contributed by atoms with Crippen molar-refractivity contribution in [3.63, 3.8) is 0 Å². The van der Waals surface area contributed by atoms with Crippen LogP contribution in [0.15, 0.2) is 58.8 Å². The number of halogens is 1. The van der Waals surface area contributed by atoms with Crippen LogP contribution in [0.3, 0.4) is 0 Å². The number of hydrogen-bond donors (Lipinski definition) is 1. The van der Waals surface area contributed by atoms with E-state index in [4.69, 9.17) is 4.52 Å². The number of carbonyl (C=O) groups excluding carboxylic acids is 1. The van der Waals surface area contributed by atoms with Crippen molar-refractivity contribution in [2.45, 2.75) is 13.1 Å². The molecule has 9 heteroatoms. The zero-order valence-corrected chi connectivity index (χ0v) is 14.8. The molecular formula is C18H14FN5O2S. The summed E-state index contributed by atoms with van der Waals surface area (Å²) in [6.07, 6.45) is 3.22. The maximum atomic E-state index is 12.9. The summed E-state index contributed by atoms with van der Waals surface area (Å²) in [4.78, 5) is 21.5. The first-order valence-corrected chi connectivity index (χ1v) is 8.96. The van der Waals surface area contributed by atoms with E-state index in [2.05, 4.69) is 20.4 Å². The van der Waals surface area contributed by atoms with Gasteiger partial charge >= 0.3 is 0 Å². The number of carbonyl (C=O) groups is 1. The van der Waals surface area contributed by atoms with Gasteiger partial charge in [-0.25, -0.2) is 9.37 Å². The van der Waals surface area contributed by atoms with E-state index in [0.717, 1.165) is 10.4 Å². The summed E-state index contributed by atoms with van der Waals surface area (Å²) in [6.45, 7) is 0.430. The second-order valence-electron chi connectivity index (χ2n) is 5.73. The lowest BCUT2D eigenvalue weighted by Gasteiger charge is -2.05. The molecule has 4 rings (SSSR count). The van der Waals surface area contributed by atoms with Crippen molar-refractivity contribution < 1.29 is 13.7 Å². The van der Waals surface area contributed by atoms with Crippen LogP contribution in [0, 0.1) is 5.82 Å². The van der Waals surface area contributed by atoms with Crippen molar-refractivity contribution in [2.24, 2.45) is 0 Å². The van der Waals surface area contributed by atoms with Crippen LogP contribution in [0.1, 0.15) is 5.56 Å². The standard InChI is InChI=1S/C18H14FN5O2S/c19-13-5-3-12(4-6-13)8-20-16(25)10-24-9-14(21-11-24)17-22-18(26-23-17)15-2-1-7-27-15/h1-7,9,11H,8,10H2,(H,20,25). The molecule has 0 saturated carbocycles. The highest BCUT2D eigenvalue weighted by molar-refractivity contribution is 7.13. The lowest BCUT2D eigenvalue weighted by Crippen LogP contribution is -2.26. The van der Waals surface area contributed by atoms with Crippen LogP contribution in [-0.2, 0) is 17.9 Å². The van der Waals surface area contributed by atoms with E-state index >= 15 is 0 Å². The number of thiophene rings is 1. The van der Waals surface area contributed by atoms with Crippen molar-refractivity contribution in [2.75, 3.05) is 0 Å². The van der Waals surface area contributed by atoms with Crippen LogP contribution in [0.25, 0.3) is 22.3 Å². The van der Waals surface area contributed by atoms with Gasteiger partial charge in [-0.3, -0.25) is 4.79 Å². The zero-order chi connectivity index (χ0) is 18.6. The van der Waals surface area contributed by atoms with Gasteiger partial charge in [-0.15, -0.1) is 11.3 Å². The third-order valence-corrected chi connectivity index (χ3v) is 4.61. The van der Waals surface area contributed by atoms with Crippen LogP contribution in [0.5, 0.6) is 0 Å². The molecule has 1 amide bonds. The smallest absolute Gasteiger partial charge is 0.268 e. The highest BCUT2D eigenvalue weighted by atomic mass is 32.1. The number of imidazole rings is 1. The first-order chi connectivity index (χ1) is 13.2. The average molecular weight is 383 g/mol. The molecule has 0 bridgehead atoms. The van der Waals surface area contributed by atoms with E-state index in [9.17, 15) is 9.18 Å². The molecule has 4 aromatic rings. The molecule has 0 aliphatic rings. The predicted molar refractivity (Wildman–Crippen MR) is 97.1 cm³/mol. The molecule has 3 heterocycles. The average Bonchev–Trinajstić information content (AvgIpc) is 3.41. The van der Waals surface area contributed by atoms with Gasteiger partial charge in [-0.05, 0) is 29.1 Å². The maximum Gasteiger partial charge on any atom is 0.268 e. The van der Waals surface area contributed by atoms with Crippen molar-refractivity contribution in [1.29, 1.82) is 0 Å². The minimum atomic E-state index is -0.306. The number of nitrogens with zero attached hydrogens (tertiary/aromatic N) is 4. The second kappa shape index (κ2) is 7.50. The summed E-state index contributed by atoms with van der Waals surface area (Å²) < 4.78 is 19.8. The number of nitrogens with one attached hydrogen (secondary N) is 1. The highest BCUT2D eigenvalue weighted by Crippen LogP contribution is 2.24. The molecule has 0 fully saturated rings. The summed E-state index contributed by atoms with van der Waals surface area (Å²) in [5.41, 5.74) is 1.34. The zero-order valence-electron chi connectivity index (χ0n) is 14.0. The third kappa shape index (κ3) is 4.09. The summed E-state index contributed by atoms with van der Waals surface area (Å²) >= 11 is 1.51. The molecule has 27 heavy (non-hydrogen) atoms. The minimum Gasteiger partial charge on any atom is -0.350 e. The number of benzene rings is 1. The Morgan fingerprint density at radius 3 is 2.89 bits per heavy atom. The SMILES string of the molecule is O=C(Cn1cnc(-c2noc(-c3cccs3)n2)c1)NCc1ccc(F)cc1. The molecule has 0 aliphatic carbocycles. The summed E-state index contributed by atoms with van der Waals surface area (Å²) in [7, 11) is 0. The highest BCUT2D eigenvalue weighted by Gasteiger charge is 2.14. The Hall–Kier alpha value is -3.33. The fourth-order valence-corrected chi connectivity index (χ4v) is 3.06. The topological polar surface area (TPSA) is 85.8 Å². The van der Waals surface area contributed by atoms with Gasteiger partial charge in [-0.1, -0.05) is 23.4 Å². The van der Waals surface area contributed by atoms with Crippen LogP contribution < -0.4 is 5.32 Å². The summed E-state index contributed by atoms with van der Waals surface area (Å²) in [6, 6.07) is 9.78. The van der Waals surface area contributed by atoms with Crippen molar-refractivity contribution in [3.8, 4) is 22.3 Å². The Bertz CT molecular complexity index is 1040. The van der Waals surface area contributed by atoms with Gasteiger partial charge in [0.2, 0.25) is 11.7 Å². The van der Waals surface area contributed by atoms with Gasteiger partial charge in [0.1, 0.15) is 18.1 Å². The number of aromatic nitrogens is 4. The Balaban J connectivity index is 1.36. The van der Waals surface area contributed by atoms with E-state index in [1.54, 1.807) is 22.9 Å². The Morgan fingerprint density at radius 1 is 1.26 bits per heavy atom. The van der Waals surface area contributed by atoms with Gasteiger partial charge in [0.15, 0.2) is 0 Å². The Kier molecular flexibility index (Phi) is 4.75. The molecule has 0 saturated heterocycles. The molecule has 0 radical (unpaired) electrons. The molecule has 136 valence electrons. The quantitative estimate of drug-likeness (QED) is 0.553. The first-order valence-electron chi connectivity index (χ1n) is 8.08. The maximum absolute atomic E-state index is 12.9. The van der Waals surface area contributed by atoms with Crippen LogP contribution in [-0.4, -0.2) is 25.6 Å². The predicted octanol–water partition coefficient (Wildman–Crippen LogP) is 3.12. The third-order valence-electron chi connectivity index (χ3n) is 3.75. The Morgan fingerprint density at radius 2 is 2.11 bits per heavy atom. The summed E-state index contributed by atoms with van der Waals surface area (Å²) in [5, 5.41) is 8.64. The first kappa shape index (κ1) is 17.1. The van der Waals surface area contributed by atoms with Gasteiger partial charge in [0, 0.05) is 12.7 Å². The minimum absolute atomic E-state index is 0.101. The molecule has 0 aliphatic heterocycles. The fraction of sp³-hybridized carbons (Fsp3) is 0.111. The second-order valence-corrected chi connectivity index (χ2v) is 6.68. The van der Waals surface area contributed by atoms with Crippen LogP contribution in [0.2, 0.25) is 0 Å². The van der Waals surface area contributed by atoms with Crippen LogP contribution >= 0.6 is 11.3 Å². The molecule has 1 N–H and O–H groups in total. The van der Waals surface area contributed by atoms with Crippen LogP contribution in [0.4, 0.5) is 4.39 Å². The fourth-order valence-electron chi connectivity index (χ4n) is 2.41. The van der Waals surface area contributed by atoms with Gasteiger partial charge in [0.25, 0.3) is 5.89 Å². The number of hydrogen-bond acceptors (Lipinski definition) is 6. The molecule has 0 atom stereocenters. The van der Waals surface area contributed by atoms with Gasteiger partial charge < -0.3 is 14.4 Å². The monoisotopic (exact) mass is 383 g/mol. The van der Waals surface area contributed by atoms with Crippen molar-refractivity contribution in [3.05, 3.63) is 65.7 Å². The Labute approximate surface area is 157 Å². The number of rotatable bonds is 6. The molecule has 0 unspecified atom stereocenters. The molecule has 7 nitrogen and oxygen atoms in total. The molecule has 3 aromatic heterocycles. The lowest BCUT2D eigenvalue weighted by molar-refractivity contribution is -0.121. The largest absolute Gasteiger partial charge is 0.350 e. The van der Waals surface area contributed by atoms with Gasteiger partial charge in [-0.2, -0.15) is 4.98 Å². The van der Waals surface area contributed by atoms with E-state index in [0.29, 0.717) is 24.0 Å². The number of amides is 1. The lowest BCUT2D eigenvalue weighted by atomic mass is 10.2. The van der Waals surface area contributed by atoms with E-state index < -0.39 is 0 Å². The van der Waals surface area contributed by atoms with Gasteiger partial charge in [0.05, 0.1) is 11.2 Å². The normalized spacial score (nSPS) is 10.9.